The molecule has 0 aliphatic heterocycles. The highest BCUT2D eigenvalue weighted by Crippen LogP contribution is 2.30. The Bertz CT molecular complexity index is 965. The van der Waals surface area contributed by atoms with Crippen LogP contribution >= 0.6 is 0 Å². The zero-order valence-electron chi connectivity index (χ0n) is 16.4. The zero-order chi connectivity index (χ0) is 19.9. The Labute approximate surface area is 166 Å². The molecule has 0 aliphatic carbocycles. The van der Waals surface area contributed by atoms with E-state index in [1.807, 2.05) is 49.5 Å². The first kappa shape index (κ1) is 19.8. The Morgan fingerprint density at radius 1 is 1.04 bits per heavy atom. The van der Waals surface area contributed by atoms with E-state index < -0.39 is 0 Å². The minimum Gasteiger partial charge on any atom is -0.398 e. The molecule has 0 aromatic heterocycles. The fourth-order valence-electron chi connectivity index (χ4n) is 3.26. The molecule has 144 valence electrons. The SMILES string of the molecule is Cc1cc(CNCCO)cc(C=Nc2cccc(-c3ccccc3)c2C)c1N. The lowest BCUT2D eigenvalue weighted by Crippen LogP contribution is -2.17. The molecule has 0 radical (unpaired) electrons. The van der Waals surface area contributed by atoms with E-state index in [1.54, 1.807) is 0 Å². The van der Waals surface area contributed by atoms with Gasteiger partial charge in [0.05, 0.1) is 12.3 Å². The minimum absolute atomic E-state index is 0.124. The van der Waals surface area contributed by atoms with Crippen LogP contribution in [0.5, 0.6) is 0 Å². The lowest BCUT2D eigenvalue weighted by Gasteiger charge is -2.11. The largest absolute Gasteiger partial charge is 0.398 e. The molecule has 0 spiro atoms. The average molecular weight is 374 g/mol. The monoisotopic (exact) mass is 373 g/mol. The van der Waals surface area contributed by atoms with Crippen LogP contribution in [0.15, 0.2) is 65.7 Å². The van der Waals surface area contributed by atoms with Gasteiger partial charge in [-0.15, -0.1) is 0 Å². The number of nitrogen functional groups attached to an aromatic ring is 1. The van der Waals surface area contributed by atoms with Crippen molar-refractivity contribution in [3.63, 3.8) is 0 Å². The molecule has 4 heteroatoms. The third-order valence-corrected chi connectivity index (χ3v) is 4.83. The van der Waals surface area contributed by atoms with Gasteiger partial charge in [-0.1, -0.05) is 48.5 Å². The number of nitrogens with zero attached hydrogens (tertiary/aromatic N) is 1. The van der Waals surface area contributed by atoms with E-state index in [9.17, 15) is 0 Å². The van der Waals surface area contributed by atoms with Gasteiger partial charge in [0.25, 0.3) is 0 Å². The van der Waals surface area contributed by atoms with Gasteiger partial charge in [0.2, 0.25) is 0 Å². The van der Waals surface area contributed by atoms with E-state index in [-0.39, 0.29) is 6.61 Å². The molecule has 0 fully saturated rings. The summed E-state index contributed by atoms with van der Waals surface area (Å²) >= 11 is 0. The maximum Gasteiger partial charge on any atom is 0.0665 e. The molecule has 4 N–H and O–H groups in total. The number of aryl methyl sites for hydroxylation is 1. The normalized spacial score (nSPS) is 11.2. The molecular formula is C24H27N3O. The summed E-state index contributed by atoms with van der Waals surface area (Å²) in [5.74, 6) is 0. The maximum atomic E-state index is 8.93. The molecule has 0 amide bonds. The number of hydrogen-bond donors (Lipinski definition) is 3. The van der Waals surface area contributed by atoms with Gasteiger partial charge in [0, 0.05) is 30.6 Å². The van der Waals surface area contributed by atoms with Crippen LogP contribution in [-0.2, 0) is 6.54 Å². The summed E-state index contributed by atoms with van der Waals surface area (Å²) in [4.78, 5) is 4.74. The number of aliphatic hydroxyl groups excluding tert-OH is 1. The van der Waals surface area contributed by atoms with Gasteiger partial charge in [-0.25, -0.2) is 0 Å². The second-order valence-electron chi connectivity index (χ2n) is 6.89. The van der Waals surface area contributed by atoms with Crippen LogP contribution in [0.25, 0.3) is 11.1 Å². The highest BCUT2D eigenvalue weighted by molar-refractivity contribution is 5.90. The Morgan fingerprint density at radius 2 is 1.82 bits per heavy atom. The van der Waals surface area contributed by atoms with E-state index in [0.29, 0.717) is 13.1 Å². The Hall–Kier alpha value is -2.95. The van der Waals surface area contributed by atoms with Crippen molar-refractivity contribution in [2.45, 2.75) is 20.4 Å². The number of aliphatic imine (C=N–C) groups is 1. The number of aliphatic hydroxyl groups is 1. The summed E-state index contributed by atoms with van der Waals surface area (Å²) < 4.78 is 0. The standard InChI is InChI=1S/C24H27N3O/c1-17-13-19(15-26-11-12-28)14-21(24(17)25)16-27-23-10-6-9-22(18(23)2)20-7-4-3-5-8-20/h3-10,13-14,16,26,28H,11-12,15,25H2,1-2H3. The molecule has 0 aliphatic rings. The Balaban J connectivity index is 1.90. The molecular weight excluding hydrogens is 346 g/mol. The van der Waals surface area contributed by atoms with Crippen molar-refractivity contribution in [1.29, 1.82) is 0 Å². The molecule has 28 heavy (non-hydrogen) atoms. The van der Waals surface area contributed by atoms with Crippen LogP contribution in [0, 0.1) is 13.8 Å². The number of nitrogens with one attached hydrogen (secondary N) is 1. The summed E-state index contributed by atoms with van der Waals surface area (Å²) in [6.45, 7) is 5.48. The number of benzene rings is 3. The first-order chi connectivity index (χ1) is 13.6. The van der Waals surface area contributed by atoms with Crippen molar-refractivity contribution in [3.05, 3.63) is 82.9 Å². The molecule has 3 aromatic carbocycles. The van der Waals surface area contributed by atoms with Gasteiger partial charge < -0.3 is 16.2 Å². The van der Waals surface area contributed by atoms with Gasteiger partial charge in [0.15, 0.2) is 0 Å². The fraction of sp³-hybridized carbons (Fsp3) is 0.208. The smallest absolute Gasteiger partial charge is 0.0665 e. The second kappa shape index (κ2) is 9.31. The number of hydrogen-bond acceptors (Lipinski definition) is 4. The molecule has 3 rings (SSSR count). The van der Waals surface area contributed by atoms with Gasteiger partial charge in [-0.2, -0.15) is 0 Å². The first-order valence-electron chi connectivity index (χ1n) is 9.50. The van der Waals surface area contributed by atoms with Gasteiger partial charge >= 0.3 is 0 Å². The van der Waals surface area contributed by atoms with E-state index in [2.05, 4.69) is 36.5 Å². The molecule has 0 saturated carbocycles. The van der Waals surface area contributed by atoms with Crippen molar-refractivity contribution in [3.8, 4) is 11.1 Å². The van der Waals surface area contributed by atoms with E-state index in [4.69, 9.17) is 15.8 Å². The minimum atomic E-state index is 0.124. The van der Waals surface area contributed by atoms with Crippen molar-refractivity contribution in [2.24, 2.45) is 4.99 Å². The third-order valence-electron chi connectivity index (χ3n) is 4.83. The Kier molecular flexibility index (Phi) is 6.58. The van der Waals surface area contributed by atoms with Crippen LogP contribution in [0.4, 0.5) is 11.4 Å². The molecule has 0 unspecified atom stereocenters. The molecule has 0 heterocycles. The molecule has 0 bridgehead atoms. The lowest BCUT2D eigenvalue weighted by atomic mass is 9.99. The van der Waals surface area contributed by atoms with E-state index in [1.165, 1.54) is 11.1 Å². The summed E-state index contributed by atoms with van der Waals surface area (Å²) in [7, 11) is 0. The molecule has 0 atom stereocenters. The summed E-state index contributed by atoms with van der Waals surface area (Å²) in [6.07, 6.45) is 1.84. The number of nitrogens with two attached hydrogens (primary N) is 1. The van der Waals surface area contributed by atoms with Crippen molar-refractivity contribution >= 4 is 17.6 Å². The zero-order valence-corrected chi connectivity index (χ0v) is 16.4. The second-order valence-corrected chi connectivity index (χ2v) is 6.89. The Morgan fingerprint density at radius 3 is 2.57 bits per heavy atom. The van der Waals surface area contributed by atoms with Crippen LogP contribution in [0.1, 0.15) is 22.3 Å². The quantitative estimate of drug-likeness (QED) is 0.327. The molecule has 4 nitrogen and oxygen atoms in total. The van der Waals surface area contributed by atoms with Crippen LogP contribution in [-0.4, -0.2) is 24.5 Å². The predicted molar refractivity (Wildman–Crippen MR) is 118 cm³/mol. The fourth-order valence-corrected chi connectivity index (χ4v) is 3.26. The summed E-state index contributed by atoms with van der Waals surface area (Å²) in [5.41, 5.74) is 14.5. The van der Waals surface area contributed by atoms with Gasteiger partial charge in [0.1, 0.15) is 0 Å². The van der Waals surface area contributed by atoms with Crippen LogP contribution in [0.2, 0.25) is 0 Å². The van der Waals surface area contributed by atoms with E-state index in [0.717, 1.165) is 33.6 Å². The van der Waals surface area contributed by atoms with Crippen LogP contribution in [0.3, 0.4) is 0 Å². The van der Waals surface area contributed by atoms with E-state index >= 15 is 0 Å². The predicted octanol–water partition coefficient (Wildman–Crippen LogP) is 4.39. The number of rotatable bonds is 7. The van der Waals surface area contributed by atoms with Crippen molar-refractivity contribution in [1.82, 2.24) is 5.32 Å². The highest BCUT2D eigenvalue weighted by atomic mass is 16.3. The topological polar surface area (TPSA) is 70.6 Å². The molecule has 0 saturated heterocycles. The third kappa shape index (κ3) is 4.66. The van der Waals surface area contributed by atoms with Crippen LogP contribution < -0.4 is 11.1 Å². The highest BCUT2D eigenvalue weighted by Gasteiger charge is 2.07. The average Bonchev–Trinajstić information content (AvgIpc) is 2.71. The number of anilines is 1. The van der Waals surface area contributed by atoms with Crippen molar-refractivity contribution in [2.75, 3.05) is 18.9 Å². The first-order valence-corrected chi connectivity index (χ1v) is 9.50. The van der Waals surface area contributed by atoms with Gasteiger partial charge in [-0.3, -0.25) is 4.99 Å². The molecule has 3 aromatic rings. The summed E-state index contributed by atoms with van der Waals surface area (Å²) in [6, 6.07) is 20.6. The van der Waals surface area contributed by atoms with Crippen molar-refractivity contribution < 1.29 is 5.11 Å². The lowest BCUT2D eigenvalue weighted by molar-refractivity contribution is 0.292. The summed E-state index contributed by atoms with van der Waals surface area (Å²) in [5, 5.41) is 12.1. The maximum absolute atomic E-state index is 8.93. The van der Waals surface area contributed by atoms with Gasteiger partial charge in [-0.05, 0) is 53.8 Å².